The van der Waals surface area contributed by atoms with Gasteiger partial charge in [0, 0.05) is 0 Å². The Kier molecular flexibility index (Phi) is 9.54. The monoisotopic (exact) mass is 320 g/mol. The minimum Gasteiger partial charge on any atom is -0.474 e. The summed E-state index contributed by atoms with van der Waals surface area (Å²) in [5, 5.41) is 1.22. The van der Waals surface area contributed by atoms with Crippen molar-refractivity contribution in [1.29, 1.82) is 0 Å². The van der Waals surface area contributed by atoms with Gasteiger partial charge < -0.3 is 4.42 Å². The highest BCUT2D eigenvalue weighted by molar-refractivity contribution is 6.87. The van der Waals surface area contributed by atoms with Crippen LogP contribution in [0.25, 0.3) is 0 Å². The van der Waals surface area contributed by atoms with Gasteiger partial charge >= 0.3 is 0 Å². The molecule has 1 nitrogen and oxygen atoms in total. The molecule has 0 saturated heterocycles. The first-order chi connectivity index (χ1) is 10.5. The molecule has 0 fully saturated rings. The molecule has 2 heteroatoms. The minimum atomic E-state index is -1.29. The quantitative estimate of drug-likeness (QED) is 0.245. The lowest BCUT2D eigenvalue weighted by atomic mass is 10.1. The molecule has 0 N–H and O–H groups in total. The third-order valence-corrected chi connectivity index (χ3v) is 5.88. The van der Waals surface area contributed by atoms with E-state index in [2.05, 4.69) is 44.8 Å². The second-order valence-electron chi connectivity index (χ2n) is 7.51. The van der Waals surface area contributed by atoms with Gasteiger partial charge in [-0.3, -0.25) is 0 Å². The SMILES string of the molecule is CCCCCCCCCC/C=C\Cc1coc([Si](C)(C)C)c1. The summed E-state index contributed by atoms with van der Waals surface area (Å²) in [6.45, 7) is 9.26. The predicted octanol–water partition coefficient (Wildman–Crippen LogP) is 6.45. The normalized spacial score (nSPS) is 12.4. The van der Waals surface area contributed by atoms with Crippen molar-refractivity contribution in [3.8, 4) is 0 Å². The van der Waals surface area contributed by atoms with Gasteiger partial charge in [0.1, 0.15) is 8.07 Å². The van der Waals surface area contributed by atoms with Crippen molar-refractivity contribution in [3.63, 3.8) is 0 Å². The zero-order chi connectivity index (χ0) is 16.3. The fourth-order valence-electron chi connectivity index (χ4n) is 2.61. The van der Waals surface area contributed by atoms with E-state index in [9.17, 15) is 0 Å². The van der Waals surface area contributed by atoms with Crippen molar-refractivity contribution < 1.29 is 4.42 Å². The third-order valence-electron chi connectivity index (χ3n) is 4.14. The van der Waals surface area contributed by atoms with Crippen LogP contribution in [0.15, 0.2) is 28.9 Å². The van der Waals surface area contributed by atoms with Crippen LogP contribution in [-0.2, 0) is 6.42 Å². The molecule has 0 spiro atoms. The number of rotatable bonds is 12. The lowest BCUT2D eigenvalue weighted by Crippen LogP contribution is -2.36. The van der Waals surface area contributed by atoms with E-state index < -0.39 is 8.07 Å². The summed E-state index contributed by atoms with van der Waals surface area (Å²) >= 11 is 0. The van der Waals surface area contributed by atoms with Gasteiger partial charge in [0.05, 0.1) is 11.6 Å². The van der Waals surface area contributed by atoms with Gasteiger partial charge in [0.25, 0.3) is 0 Å². The molecule has 0 radical (unpaired) electrons. The molecule has 1 aromatic rings. The van der Waals surface area contributed by atoms with Crippen molar-refractivity contribution in [3.05, 3.63) is 30.0 Å². The van der Waals surface area contributed by atoms with Gasteiger partial charge in [0.15, 0.2) is 0 Å². The summed E-state index contributed by atoms with van der Waals surface area (Å²) in [5.41, 5.74) is 1.32. The fraction of sp³-hybridized carbons (Fsp3) is 0.700. The summed E-state index contributed by atoms with van der Waals surface area (Å²) in [7, 11) is -1.29. The molecule has 0 saturated carbocycles. The standard InChI is InChI=1S/C20H36OSi/c1-5-6-7-8-9-10-11-12-13-14-15-16-19-17-20(21-18-19)22(2,3)4/h14-15,17-18H,5-13,16H2,1-4H3/b15-14-. The molecule has 126 valence electrons. The van der Waals surface area contributed by atoms with Crippen molar-refractivity contribution >= 4 is 13.5 Å². The van der Waals surface area contributed by atoms with E-state index in [1.165, 1.54) is 68.7 Å². The van der Waals surface area contributed by atoms with E-state index in [-0.39, 0.29) is 0 Å². The van der Waals surface area contributed by atoms with Crippen molar-refractivity contribution in [2.75, 3.05) is 0 Å². The molecular formula is C20H36OSi. The van der Waals surface area contributed by atoms with Crippen LogP contribution in [0.1, 0.15) is 70.3 Å². The molecule has 0 atom stereocenters. The zero-order valence-electron chi connectivity index (χ0n) is 15.3. The van der Waals surface area contributed by atoms with E-state index in [0.717, 1.165) is 6.42 Å². The largest absolute Gasteiger partial charge is 0.474 e. The molecule has 0 amide bonds. The molecule has 0 aliphatic heterocycles. The summed E-state index contributed by atoms with van der Waals surface area (Å²) in [6, 6.07) is 2.26. The van der Waals surface area contributed by atoms with Gasteiger partial charge in [-0.1, -0.05) is 83.7 Å². The maximum absolute atomic E-state index is 5.71. The van der Waals surface area contributed by atoms with Crippen LogP contribution < -0.4 is 5.38 Å². The Labute approximate surface area is 139 Å². The van der Waals surface area contributed by atoms with Crippen LogP contribution in [0.2, 0.25) is 19.6 Å². The lowest BCUT2D eigenvalue weighted by molar-refractivity contribution is 0.577. The molecule has 1 heterocycles. The second kappa shape index (κ2) is 10.9. The molecule has 22 heavy (non-hydrogen) atoms. The smallest absolute Gasteiger partial charge is 0.123 e. The predicted molar refractivity (Wildman–Crippen MR) is 102 cm³/mol. The van der Waals surface area contributed by atoms with Crippen LogP contribution in [0.4, 0.5) is 0 Å². The second-order valence-corrected chi connectivity index (χ2v) is 12.5. The van der Waals surface area contributed by atoms with E-state index in [4.69, 9.17) is 4.42 Å². The fourth-order valence-corrected chi connectivity index (χ4v) is 3.64. The Morgan fingerprint density at radius 3 is 2.14 bits per heavy atom. The highest BCUT2D eigenvalue weighted by Gasteiger charge is 2.20. The Morgan fingerprint density at radius 2 is 1.55 bits per heavy atom. The minimum absolute atomic E-state index is 1.02. The lowest BCUT2D eigenvalue weighted by Gasteiger charge is -2.10. The van der Waals surface area contributed by atoms with Gasteiger partial charge in [0.2, 0.25) is 0 Å². The summed E-state index contributed by atoms with van der Waals surface area (Å²) in [4.78, 5) is 0. The number of hydrogen-bond acceptors (Lipinski definition) is 1. The summed E-state index contributed by atoms with van der Waals surface area (Å²) in [5.74, 6) is 0. The highest BCUT2D eigenvalue weighted by Crippen LogP contribution is 2.11. The number of furan rings is 1. The molecule has 1 aromatic heterocycles. The van der Waals surface area contributed by atoms with Gasteiger partial charge in [-0.05, 0) is 30.9 Å². The molecular weight excluding hydrogens is 284 g/mol. The van der Waals surface area contributed by atoms with E-state index in [1.54, 1.807) is 0 Å². The average molecular weight is 321 g/mol. The Hall–Kier alpha value is -0.763. The highest BCUT2D eigenvalue weighted by atomic mass is 28.3. The van der Waals surface area contributed by atoms with Gasteiger partial charge in [-0.15, -0.1) is 0 Å². The summed E-state index contributed by atoms with van der Waals surface area (Å²) < 4.78 is 5.71. The first-order valence-corrected chi connectivity index (χ1v) is 12.8. The Balaban J connectivity index is 2.04. The van der Waals surface area contributed by atoms with Crippen LogP contribution in [0, 0.1) is 0 Å². The first-order valence-electron chi connectivity index (χ1n) is 9.27. The number of hydrogen-bond donors (Lipinski definition) is 0. The summed E-state index contributed by atoms with van der Waals surface area (Å²) in [6.07, 6.45) is 20.0. The van der Waals surface area contributed by atoms with E-state index >= 15 is 0 Å². The maximum Gasteiger partial charge on any atom is 0.123 e. The van der Waals surface area contributed by atoms with Gasteiger partial charge in [-0.25, -0.2) is 0 Å². The molecule has 0 aliphatic carbocycles. The van der Waals surface area contributed by atoms with Crippen molar-refractivity contribution in [1.82, 2.24) is 0 Å². The average Bonchev–Trinajstić information content (AvgIpc) is 2.94. The number of allylic oxidation sites excluding steroid dienone is 2. The van der Waals surface area contributed by atoms with Crippen LogP contribution in [-0.4, -0.2) is 8.07 Å². The number of unbranched alkanes of at least 4 members (excludes halogenated alkanes) is 8. The van der Waals surface area contributed by atoms with Crippen molar-refractivity contribution in [2.24, 2.45) is 0 Å². The topological polar surface area (TPSA) is 13.1 Å². The van der Waals surface area contributed by atoms with Crippen LogP contribution in [0.5, 0.6) is 0 Å². The zero-order valence-corrected chi connectivity index (χ0v) is 16.3. The van der Waals surface area contributed by atoms with Crippen LogP contribution >= 0.6 is 0 Å². The van der Waals surface area contributed by atoms with E-state index in [1.807, 2.05) is 6.26 Å². The molecule has 1 rings (SSSR count). The molecule has 0 unspecified atom stereocenters. The van der Waals surface area contributed by atoms with E-state index in [0.29, 0.717) is 0 Å². The third kappa shape index (κ3) is 8.62. The van der Waals surface area contributed by atoms with Crippen molar-refractivity contribution in [2.45, 2.75) is 90.8 Å². The Bertz CT molecular complexity index is 412. The molecule has 0 aromatic carbocycles. The molecule has 0 aliphatic rings. The maximum atomic E-state index is 5.71. The molecule has 0 bridgehead atoms. The van der Waals surface area contributed by atoms with Crippen LogP contribution in [0.3, 0.4) is 0 Å². The first kappa shape index (κ1) is 19.3. The van der Waals surface area contributed by atoms with Gasteiger partial charge in [-0.2, -0.15) is 0 Å². The Morgan fingerprint density at radius 1 is 0.909 bits per heavy atom.